The first-order chi connectivity index (χ1) is 12.8. The van der Waals surface area contributed by atoms with Gasteiger partial charge in [-0.3, -0.25) is 9.59 Å². The number of carbonyl (C=O) groups is 2. The second kappa shape index (κ2) is 10.9. The highest BCUT2D eigenvalue weighted by Crippen LogP contribution is 2.33. The molecule has 0 saturated carbocycles. The van der Waals surface area contributed by atoms with Gasteiger partial charge in [0.1, 0.15) is 0 Å². The maximum atomic E-state index is 10.7. The van der Waals surface area contributed by atoms with Gasteiger partial charge in [-0.05, 0) is 70.0 Å². The predicted octanol–water partition coefficient (Wildman–Crippen LogP) is 5.03. The molecule has 0 spiro atoms. The van der Waals surface area contributed by atoms with Crippen molar-refractivity contribution in [2.75, 3.05) is 14.2 Å². The summed E-state index contributed by atoms with van der Waals surface area (Å²) in [6.07, 6.45) is 1.47. The van der Waals surface area contributed by atoms with Crippen LogP contribution in [0, 0.1) is 0 Å². The molecule has 1 N–H and O–H groups in total. The predicted molar refractivity (Wildman–Crippen MR) is 110 cm³/mol. The summed E-state index contributed by atoms with van der Waals surface area (Å²) in [5.41, 5.74) is 0.944. The smallest absolute Gasteiger partial charge is 0.162 e. The van der Waals surface area contributed by atoms with E-state index in [4.69, 9.17) is 14.2 Å². The molecule has 0 fully saturated rings. The normalized spacial score (nSPS) is 9.89. The molecule has 2 rings (SSSR count). The van der Waals surface area contributed by atoms with Gasteiger partial charge in [-0.2, -0.15) is 0 Å². The van der Waals surface area contributed by atoms with E-state index in [1.807, 2.05) is 13.8 Å². The quantitative estimate of drug-likeness (QED) is 0.556. The van der Waals surface area contributed by atoms with Crippen LogP contribution < -0.4 is 14.2 Å². The number of benzene rings is 2. The minimum absolute atomic E-state index is 0.0391. The molecule has 0 unspecified atom stereocenters. The molecule has 0 saturated heterocycles. The lowest BCUT2D eigenvalue weighted by atomic mass is 10.2. The van der Waals surface area contributed by atoms with Gasteiger partial charge in [0.2, 0.25) is 0 Å². The zero-order chi connectivity index (χ0) is 20.6. The van der Waals surface area contributed by atoms with E-state index in [0.717, 1.165) is 6.29 Å². The molecule has 0 aliphatic carbocycles. The number of methoxy groups -OCH3 is 2. The molecule has 2 aromatic rings. The number of phenolic OH excluding ortho intramolecular Hbond substituents is 1. The van der Waals surface area contributed by atoms with Crippen molar-refractivity contribution < 1.29 is 28.9 Å². The van der Waals surface area contributed by atoms with Crippen LogP contribution in [0.1, 0.15) is 34.6 Å². The van der Waals surface area contributed by atoms with Gasteiger partial charge in [-0.15, -0.1) is 0 Å². The molecule has 0 atom stereocenters. The van der Waals surface area contributed by atoms with E-state index < -0.39 is 0 Å². The Hall–Kier alpha value is -2.06. The number of carbonyl (C=O) groups excluding carboxylic acids is 2. The first-order valence-electron chi connectivity index (χ1n) is 7.78. The van der Waals surface area contributed by atoms with E-state index in [9.17, 15) is 14.7 Å². The highest BCUT2D eigenvalue weighted by Gasteiger charge is 2.11. The second-order valence-corrected chi connectivity index (χ2v) is 7.18. The molecule has 8 heteroatoms. The van der Waals surface area contributed by atoms with Gasteiger partial charge in [-0.25, -0.2) is 0 Å². The average Bonchev–Trinajstić information content (AvgIpc) is 2.64. The van der Waals surface area contributed by atoms with Crippen molar-refractivity contribution in [1.82, 2.24) is 0 Å². The van der Waals surface area contributed by atoms with E-state index in [1.54, 1.807) is 25.3 Å². The van der Waals surface area contributed by atoms with Crippen LogP contribution >= 0.6 is 31.9 Å². The fraction of sp³-hybridized carbons (Fsp3) is 0.263. The van der Waals surface area contributed by atoms with Crippen LogP contribution in [0.15, 0.2) is 33.2 Å². The minimum atomic E-state index is -0.0391. The van der Waals surface area contributed by atoms with E-state index >= 15 is 0 Å². The number of ether oxygens (including phenoxy) is 3. The summed E-state index contributed by atoms with van der Waals surface area (Å²) in [6.45, 7) is 3.84. The molecular formula is C19H20Br2O6. The maximum absolute atomic E-state index is 10.7. The van der Waals surface area contributed by atoms with Gasteiger partial charge in [0.05, 0.1) is 20.3 Å². The number of phenols is 1. The molecule has 2 aromatic carbocycles. The third-order valence-corrected chi connectivity index (χ3v) is 4.57. The summed E-state index contributed by atoms with van der Waals surface area (Å²) < 4.78 is 16.8. The number of aromatic hydroxyl groups is 1. The minimum Gasteiger partial charge on any atom is -0.504 e. The molecule has 0 bridgehead atoms. The lowest BCUT2D eigenvalue weighted by molar-refractivity contribution is 0.111. The van der Waals surface area contributed by atoms with E-state index in [1.165, 1.54) is 13.2 Å². The van der Waals surface area contributed by atoms with Crippen LogP contribution in [0.2, 0.25) is 0 Å². The monoisotopic (exact) mass is 502 g/mol. The van der Waals surface area contributed by atoms with Crippen LogP contribution in [0.25, 0.3) is 0 Å². The summed E-state index contributed by atoms with van der Waals surface area (Å²) in [5.74, 6) is 1.49. The molecule has 27 heavy (non-hydrogen) atoms. The fourth-order valence-electron chi connectivity index (χ4n) is 1.96. The second-order valence-electron chi connectivity index (χ2n) is 5.47. The van der Waals surface area contributed by atoms with Crippen molar-refractivity contribution in [2.45, 2.75) is 20.0 Å². The standard InChI is InChI=1S/C11H13BrO3.C8H7BrO3/c1-7(2)15-11-4-8(6-13)9(12)5-10(11)14-3;1-12-8-3-6(9)5(4-10)2-7(8)11/h4-7H,1-3H3;2-4,11H,1H3. The van der Waals surface area contributed by atoms with Crippen molar-refractivity contribution in [3.63, 3.8) is 0 Å². The summed E-state index contributed by atoms with van der Waals surface area (Å²) in [6, 6.07) is 6.27. The highest BCUT2D eigenvalue weighted by atomic mass is 79.9. The van der Waals surface area contributed by atoms with E-state index in [2.05, 4.69) is 31.9 Å². The first kappa shape index (κ1) is 23.0. The van der Waals surface area contributed by atoms with Gasteiger partial charge in [-0.1, -0.05) is 0 Å². The molecule has 0 radical (unpaired) electrons. The summed E-state index contributed by atoms with van der Waals surface area (Å²) >= 11 is 6.44. The Morgan fingerprint density at radius 1 is 0.852 bits per heavy atom. The third kappa shape index (κ3) is 6.55. The number of hydrogen-bond acceptors (Lipinski definition) is 6. The number of rotatable bonds is 6. The summed E-state index contributed by atoms with van der Waals surface area (Å²) in [5, 5.41) is 9.24. The lowest BCUT2D eigenvalue weighted by Gasteiger charge is -2.14. The molecule has 6 nitrogen and oxygen atoms in total. The highest BCUT2D eigenvalue weighted by molar-refractivity contribution is 9.10. The van der Waals surface area contributed by atoms with Crippen molar-refractivity contribution in [2.24, 2.45) is 0 Å². The SMILES string of the molecule is COc1cc(Br)c(C=O)cc1O.COc1cc(Br)c(C=O)cc1OC(C)C. The Bertz CT molecular complexity index is 805. The Labute approximate surface area is 174 Å². The van der Waals surface area contributed by atoms with Crippen molar-refractivity contribution in [3.8, 4) is 23.0 Å². The molecule has 0 aromatic heterocycles. The van der Waals surface area contributed by atoms with Crippen LogP contribution in [0.5, 0.6) is 23.0 Å². The maximum Gasteiger partial charge on any atom is 0.162 e. The van der Waals surface area contributed by atoms with Crippen molar-refractivity contribution in [3.05, 3.63) is 44.3 Å². The topological polar surface area (TPSA) is 82.1 Å². The number of halogens is 2. The van der Waals surface area contributed by atoms with Crippen LogP contribution in [0.4, 0.5) is 0 Å². The number of hydrogen-bond donors (Lipinski definition) is 1. The third-order valence-electron chi connectivity index (χ3n) is 3.20. The van der Waals surface area contributed by atoms with E-state index in [0.29, 0.717) is 43.6 Å². The van der Waals surface area contributed by atoms with Gasteiger partial charge >= 0.3 is 0 Å². The molecule has 0 aliphatic heterocycles. The molecule has 0 heterocycles. The van der Waals surface area contributed by atoms with Crippen molar-refractivity contribution in [1.29, 1.82) is 0 Å². The Kier molecular flexibility index (Phi) is 9.31. The molecular weight excluding hydrogens is 484 g/mol. The molecule has 0 aliphatic rings. The Balaban J connectivity index is 0.000000277. The van der Waals surface area contributed by atoms with Gasteiger partial charge < -0.3 is 19.3 Å². The van der Waals surface area contributed by atoms with Crippen LogP contribution in [-0.4, -0.2) is 38.0 Å². The zero-order valence-corrected chi connectivity index (χ0v) is 18.5. The van der Waals surface area contributed by atoms with Gasteiger partial charge in [0, 0.05) is 20.1 Å². The van der Waals surface area contributed by atoms with Crippen LogP contribution in [0.3, 0.4) is 0 Å². The largest absolute Gasteiger partial charge is 0.504 e. The zero-order valence-electron chi connectivity index (χ0n) is 15.3. The summed E-state index contributed by atoms with van der Waals surface area (Å²) in [4.78, 5) is 21.1. The fourth-order valence-corrected chi connectivity index (χ4v) is 2.79. The lowest BCUT2D eigenvalue weighted by Crippen LogP contribution is -2.07. The Morgan fingerprint density at radius 2 is 1.33 bits per heavy atom. The van der Waals surface area contributed by atoms with Crippen molar-refractivity contribution >= 4 is 44.4 Å². The average molecular weight is 504 g/mol. The Morgan fingerprint density at radius 3 is 1.78 bits per heavy atom. The van der Waals surface area contributed by atoms with Gasteiger partial charge in [0.25, 0.3) is 0 Å². The number of aldehydes is 2. The molecule has 0 amide bonds. The summed E-state index contributed by atoms with van der Waals surface area (Å²) in [7, 11) is 3.01. The van der Waals surface area contributed by atoms with E-state index in [-0.39, 0.29) is 11.9 Å². The van der Waals surface area contributed by atoms with Gasteiger partial charge in [0.15, 0.2) is 35.6 Å². The molecule has 146 valence electrons. The first-order valence-corrected chi connectivity index (χ1v) is 9.36. The van der Waals surface area contributed by atoms with Crippen LogP contribution in [-0.2, 0) is 0 Å².